The fraction of sp³-hybridized carbons (Fsp3) is 0.480. The van der Waals surface area contributed by atoms with Crippen LogP contribution in [0.3, 0.4) is 0 Å². The molecule has 2 aromatic heterocycles. The summed E-state index contributed by atoms with van der Waals surface area (Å²) in [5, 5.41) is 8.90. The first-order valence-corrected chi connectivity index (χ1v) is 11.2. The van der Waals surface area contributed by atoms with Gasteiger partial charge in [0.15, 0.2) is 5.65 Å². The van der Waals surface area contributed by atoms with E-state index in [1.165, 1.54) is 16.7 Å². The van der Waals surface area contributed by atoms with E-state index in [4.69, 9.17) is 14.8 Å². The third-order valence-corrected chi connectivity index (χ3v) is 6.46. The highest BCUT2D eigenvalue weighted by molar-refractivity contribution is 5.85. The molecule has 0 spiro atoms. The Morgan fingerprint density at radius 3 is 2.68 bits per heavy atom. The lowest BCUT2D eigenvalue weighted by Crippen LogP contribution is -2.31. The maximum Gasteiger partial charge on any atom is 0.220 e. The summed E-state index contributed by atoms with van der Waals surface area (Å²) >= 11 is 0. The van der Waals surface area contributed by atoms with Gasteiger partial charge in [0.25, 0.3) is 0 Å². The number of pyridine rings is 1. The normalized spacial score (nSPS) is 16.2. The molecule has 0 saturated carbocycles. The number of hydrogen-bond acceptors (Lipinski definition) is 4. The van der Waals surface area contributed by atoms with Crippen molar-refractivity contribution >= 4 is 16.9 Å². The summed E-state index contributed by atoms with van der Waals surface area (Å²) in [6.07, 6.45) is 3.41. The van der Waals surface area contributed by atoms with Crippen molar-refractivity contribution in [3.8, 4) is 5.69 Å². The van der Waals surface area contributed by atoms with Crippen molar-refractivity contribution in [2.75, 3.05) is 13.2 Å². The van der Waals surface area contributed by atoms with Crippen molar-refractivity contribution < 1.29 is 9.53 Å². The second kappa shape index (κ2) is 8.79. The third kappa shape index (κ3) is 4.35. The van der Waals surface area contributed by atoms with Crippen LogP contribution in [-0.2, 0) is 16.0 Å². The summed E-state index contributed by atoms with van der Waals surface area (Å²) in [6, 6.07) is 6.36. The molecule has 0 aliphatic carbocycles. The molecular formula is C25H32N4O2. The second-order valence-corrected chi connectivity index (χ2v) is 8.70. The third-order valence-electron chi connectivity index (χ3n) is 6.46. The molecule has 6 heteroatoms. The lowest BCUT2D eigenvalue weighted by Gasteiger charge is -2.13. The van der Waals surface area contributed by atoms with Gasteiger partial charge in [-0.25, -0.2) is 9.67 Å². The van der Waals surface area contributed by atoms with Crippen molar-refractivity contribution in [1.82, 2.24) is 20.1 Å². The van der Waals surface area contributed by atoms with Gasteiger partial charge in [0.05, 0.1) is 17.5 Å². The van der Waals surface area contributed by atoms with Crippen molar-refractivity contribution in [2.24, 2.45) is 0 Å². The summed E-state index contributed by atoms with van der Waals surface area (Å²) in [6.45, 7) is 11.8. The van der Waals surface area contributed by atoms with Crippen molar-refractivity contribution in [1.29, 1.82) is 0 Å². The standard InChI is InChI=1S/C25H32N4O2/c1-15-8-9-20(13-16(15)2)29-25-24(19(5)28-29)17(3)22(18(4)27-25)10-11-23(30)26-14-21-7-6-12-31-21/h8-9,13,21H,6-7,10-12,14H2,1-5H3,(H,26,30)/t21-/m1/s1. The Hall–Kier alpha value is -2.73. The van der Waals surface area contributed by atoms with E-state index in [-0.39, 0.29) is 12.0 Å². The van der Waals surface area contributed by atoms with Crippen LogP contribution in [0.2, 0.25) is 0 Å². The molecule has 31 heavy (non-hydrogen) atoms. The van der Waals surface area contributed by atoms with Gasteiger partial charge >= 0.3 is 0 Å². The van der Waals surface area contributed by atoms with Gasteiger partial charge in [0, 0.05) is 30.7 Å². The number of aryl methyl sites for hydroxylation is 5. The number of benzene rings is 1. The van der Waals surface area contributed by atoms with E-state index in [2.05, 4.69) is 44.3 Å². The predicted molar refractivity (Wildman–Crippen MR) is 123 cm³/mol. The van der Waals surface area contributed by atoms with Crippen LogP contribution in [0.25, 0.3) is 16.7 Å². The zero-order valence-corrected chi connectivity index (χ0v) is 19.2. The Labute approximate surface area is 184 Å². The maximum atomic E-state index is 12.4. The Balaban J connectivity index is 1.57. The molecule has 1 aromatic carbocycles. The summed E-state index contributed by atoms with van der Waals surface area (Å²) in [5.41, 5.74) is 8.63. The molecule has 1 N–H and O–H groups in total. The number of amides is 1. The molecule has 164 valence electrons. The van der Waals surface area contributed by atoms with Gasteiger partial charge in [-0.15, -0.1) is 0 Å². The number of nitrogens with one attached hydrogen (secondary N) is 1. The summed E-state index contributed by atoms with van der Waals surface area (Å²) in [7, 11) is 0. The summed E-state index contributed by atoms with van der Waals surface area (Å²) in [5.74, 6) is 0.0666. The van der Waals surface area contributed by atoms with E-state index in [1.807, 2.05) is 18.5 Å². The number of hydrogen-bond donors (Lipinski definition) is 1. The first-order valence-electron chi connectivity index (χ1n) is 11.2. The summed E-state index contributed by atoms with van der Waals surface area (Å²) in [4.78, 5) is 17.3. The van der Waals surface area contributed by atoms with E-state index >= 15 is 0 Å². The van der Waals surface area contributed by atoms with Gasteiger partial charge in [-0.2, -0.15) is 5.10 Å². The maximum absolute atomic E-state index is 12.4. The quantitative estimate of drug-likeness (QED) is 0.649. The molecule has 4 rings (SSSR count). The lowest BCUT2D eigenvalue weighted by molar-refractivity contribution is -0.121. The highest BCUT2D eigenvalue weighted by Gasteiger charge is 2.19. The highest BCUT2D eigenvalue weighted by Crippen LogP contribution is 2.28. The molecular weight excluding hydrogens is 388 g/mol. The van der Waals surface area contributed by atoms with Crippen LogP contribution in [0.5, 0.6) is 0 Å². The number of fused-ring (bicyclic) bond motifs is 1. The number of ether oxygens (including phenoxy) is 1. The molecule has 1 atom stereocenters. The minimum Gasteiger partial charge on any atom is -0.376 e. The van der Waals surface area contributed by atoms with Crippen LogP contribution in [0, 0.1) is 34.6 Å². The molecule has 6 nitrogen and oxygen atoms in total. The first kappa shape index (κ1) is 21.5. The van der Waals surface area contributed by atoms with Gasteiger partial charge in [-0.1, -0.05) is 6.07 Å². The molecule has 0 bridgehead atoms. The topological polar surface area (TPSA) is 69.0 Å². The molecule has 1 fully saturated rings. The summed E-state index contributed by atoms with van der Waals surface area (Å²) < 4.78 is 7.52. The van der Waals surface area contributed by atoms with Crippen molar-refractivity contribution in [3.63, 3.8) is 0 Å². The van der Waals surface area contributed by atoms with Crippen LogP contribution in [0.15, 0.2) is 18.2 Å². The zero-order chi connectivity index (χ0) is 22.1. The smallest absolute Gasteiger partial charge is 0.220 e. The Kier molecular flexibility index (Phi) is 6.10. The molecule has 1 amide bonds. The lowest BCUT2D eigenvalue weighted by atomic mass is 9.99. The molecule has 0 radical (unpaired) electrons. The average molecular weight is 421 g/mol. The van der Waals surface area contributed by atoms with Gasteiger partial charge in [-0.3, -0.25) is 4.79 Å². The highest BCUT2D eigenvalue weighted by atomic mass is 16.5. The Morgan fingerprint density at radius 2 is 1.97 bits per heavy atom. The number of rotatable bonds is 6. The van der Waals surface area contributed by atoms with Crippen LogP contribution < -0.4 is 5.32 Å². The van der Waals surface area contributed by atoms with E-state index in [9.17, 15) is 4.79 Å². The Morgan fingerprint density at radius 1 is 1.16 bits per heavy atom. The average Bonchev–Trinajstić information content (AvgIpc) is 3.36. The number of nitrogens with zero attached hydrogens (tertiary/aromatic N) is 3. The van der Waals surface area contributed by atoms with Crippen molar-refractivity contribution in [2.45, 2.75) is 66.4 Å². The van der Waals surface area contributed by atoms with Crippen molar-refractivity contribution in [3.05, 3.63) is 51.8 Å². The second-order valence-electron chi connectivity index (χ2n) is 8.70. The van der Waals surface area contributed by atoms with Crippen LogP contribution in [0.4, 0.5) is 0 Å². The largest absolute Gasteiger partial charge is 0.376 e. The van der Waals surface area contributed by atoms with Gasteiger partial charge in [-0.05, 0) is 88.3 Å². The molecule has 1 aliphatic rings. The number of carbonyl (C=O) groups excluding carboxylic acids is 1. The fourth-order valence-electron chi connectivity index (χ4n) is 4.47. The van der Waals surface area contributed by atoms with Gasteiger partial charge in [0.1, 0.15) is 0 Å². The predicted octanol–water partition coefficient (Wildman–Crippen LogP) is 4.19. The zero-order valence-electron chi connectivity index (χ0n) is 19.2. The van der Waals surface area contributed by atoms with Crippen LogP contribution in [0.1, 0.15) is 52.9 Å². The first-order chi connectivity index (χ1) is 14.8. The minimum absolute atomic E-state index is 0.0666. The monoisotopic (exact) mass is 420 g/mol. The van der Waals surface area contributed by atoms with Crippen LogP contribution in [-0.4, -0.2) is 39.9 Å². The molecule has 1 saturated heterocycles. The van der Waals surface area contributed by atoms with E-state index in [0.717, 1.165) is 53.1 Å². The number of carbonyl (C=O) groups is 1. The SMILES string of the molecule is Cc1ccc(-n2nc(C)c3c(C)c(CCC(=O)NC[C@H]4CCCO4)c(C)nc32)cc1C. The van der Waals surface area contributed by atoms with E-state index in [0.29, 0.717) is 19.4 Å². The van der Waals surface area contributed by atoms with Gasteiger partial charge in [0.2, 0.25) is 5.91 Å². The van der Waals surface area contributed by atoms with E-state index < -0.39 is 0 Å². The van der Waals surface area contributed by atoms with Crippen LogP contribution >= 0.6 is 0 Å². The van der Waals surface area contributed by atoms with E-state index in [1.54, 1.807) is 0 Å². The van der Waals surface area contributed by atoms with Gasteiger partial charge < -0.3 is 10.1 Å². The minimum atomic E-state index is 0.0666. The molecule has 0 unspecified atom stereocenters. The molecule has 1 aliphatic heterocycles. The Bertz CT molecular complexity index is 1130. The number of aromatic nitrogens is 3. The fourth-order valence-corrected chi connectivity index (χ4v) is 4.47. The molecule has 3 heterocycles. The molecule has 3 aromatic rings.